The molecule has 158 valence electrons. The van der Waals surface area contributed by atoms with Gasteiger partial charge < -0.3 is 9.64 Å². The van der Waals surface area contributed by atoms with Gasteiger partial charge >= 0.3 is 0 Å². The van der Waals surface area contributed by atoms with Gasteiger partial charge in [0.2, 0.25) is 0 Å². The minimum atomic E-state index is -1.41. The molecule has 1 aromatic heterocycles. The van der Waals surface area contributed by atoms with Gasteiger partial charge in [-0.2, -0.15) is 0 Å². The zero-order valence-corrected chi connectivity index (χ0v) is 18.2. The van der Waals surface area contributed by atoms with Crippen LogP contribution in [0.3, 0.4) is 0 Å². The van der Waals surface area contributed by atoms with Crippen molar-refractivity contribution in [2.75, 3.05) is 25.1 Å². The third-order valence-electron chi connectivity index (χ3n) is 5.66. The van der Waals surface area contributed by atoms with Crippen LogP contribution in [0, 0.1) is 0 Å². The van der Waals surface area contributed by atoms with Crippen molar-refractivity contribution in [3.63, 3.8) is 0 Å². The number of ether oxygens (including phenoxy) is 1. The number of para-hydroxylation sites is 1. The molecule has 6 nitrogen and oxygen atoms in total. The second-order valence-corrected chi connectivity index (χ2v) is 8.84. The fourth-order valence-corrected chi connectivity index (χ4v) is 5.15. The lowest BCUT2D eigenvalue weighted by Gasteiger charge is -2.19. The van der Waals surface area contributed by atoms with Crippen LogP contribution in [0.1, 0.15) is 18.7 Å². The van der Waals surface area contributed by atoms with Gasteiger partial charge in [-0.05, 0) is 37.1 Å². The molecule has 1 N–H and O–H groups in total. The smallest absolute Gasteiger partial charge is 0.146 e. The maximum absolute atomic E-state index is 13.1. The average molecular weight is 433 g/mol. The standard InChI is InChI=1S/C24H24N4O2S/c1-30-21-12-6-10-18-17(21)9-7-13-22(18)31(29)25-16-23-26-20-11-3-2-8-19(20)24(27-23)28-14-4-5-15-28/h2-3,6-13,25H,4-5,14-16H2,1H3. The SMILES string of the molecule is COc1cccc2c(S(=O)NCc3nc(N4CCCC4)c4ccccc4n3)cccc12. The molecule has 0 radical (unpaired) electrons. The van der Waals surface area contributed by atoms with E-state index in [9.17, 15) is 4.21 Å². The third kappa shape index (κ3) is 3.86. The summed E-state index contributed by atoms with van der Waals surface area (Å²) in [6, 6.07) is 19.6. The first-order chi connectivity index (χ1) is 15.2. The fourth-order valence-electron chi connectivity index (χ4n) is 4.16. The maximum Gasteiger partial charge on any atom is 0.146 e. The molecule has 1 fully saturated rings. The molecule has 7 heteroatoms. The summed E-state index contributed by atoms with van der Waals surface area (Å²) in [5.74, 6) is 2.39. The van der Waals surface area contributed by atoms with E-state index in [1.54, 1.807) is 7.11 Å². The van der Waals surface area contributed by atoms with E-state index in [0.29, 0.717) is 12.4 Å². The third-order valence-corrected chi connectivity index (χ3v) is 6.82. The lowest BCUT2D eigenvalue weighted by Crippen LogP contribution is -2.23. The fraction of sp³-hybridized carbons (Fsp3) is 0.250. The Labute approximate surface area is 183 Å². The molecule has 4 aromatic rings. The van der Waals surface area contributed by atoms with Gasteiger partial charge in [0.1, 0.15) is 28.4 Å². The minimum absolute atomic E-state index is 0.318. The largest absolute Gasteiger partial charge is 0.496 e. The lowest BCUT2D eigenvalue weighted by atomic mass is 10.1. The number of nitrogens with one attached hydrogen (secondary N) is 1. The van der Waals surface area contributed by atoms with Gasteiger partial charge in [-0.3, -0.25) is 0 Å². The number of rotatable bonds is 6. The Morgan fingerprint density at radius 1 is 0.935 bits per heavy atom. The molecular weight excluding hydrogens is 408 g/mol. The molecule has 1 unspecified atom stereocenters. The molecule has 0 saturated carbocycles. The summed E-state index contributed by atoms with van der Waals surface area (Å²) in [7, 11) is 0.234. The highest BCUT2D eigenvalue weighted by molar-refractivity contribution is 7.83. The zero-order chi connectivity index (χ0) is 21.2. The van der Waals surface area contributed by atoms with Crippen LogP contribution in [0.4, 0.5) is 5.82 Å². The molecule has 0 bridgehead atoms. The van der Waals surface area contributed by atoms with Gasteiger partial charge in [0, 0.05) is 29.2 Å². The quantitative estimate of drug-likeness (QED) is 0.495. The van der Waals surface area contributed by atoms with E-state index in [4.69, 9.17) is 14.7 Å². The number of methoxy groups -OCH3 is 1. The zero-order valence-electron chi connectivity index (χ0n) is 17.4. The summed E-state index contributed by atoms with van der Waals surface area (Å²) in [4.78, 5) is 12.6. The Hall–Kier alpha value is -3.03. The first kappa shape index (κ1) is 19.9. The van der Waals surface area contributed by atoms with E-state index in [0.717, 1.165) is 51.2 Å². The minimum Gasteiger partial charge on any atom is -0.496 e. The summed E-state index contributed by atoms with van der Waals surface area (Å²) in [6.07, 6.45) is 2.36. The van der Waals surface area contributed by atoms with Gasteiger partial charge in [-0.25, -0.2) is 18.9 Å². The summed E-state index contributed by atoms with van der Waals surface area (Å²) in [5, 5.41) is 2.91. The first-order valence-electron chi connectivity index (χ1n) is 10.5. The highest BCUT2D eigenvalue weighted by atomic mass is 32.2. The predicted octanol–water partition coefficient (Wildman–Crippen LogP) is 4.20. The van der Waals surface area contributed by atoms with Gasteiger partial charge in [0.15, 0.2) is 0 Å². The van der Waals surface area contributed by atoms with Crippen LogP contribution in [-0.2, 0) is 17.5 Å². The Bertz CT molecular complexity index is 1270. The molecule has 2 heterocycles. The van der Waals surface area contributed by atoms with Crippen LogP contribution in [0.15, 0.2) is 65.6 Å². The Morgan fingerprint density at radius 2 is 1.68 bits per heavy atom. The summed E-state index contributed by atoms with van der Waals surface area (Å²) in [5.41, 5.74) is 0.914. The molecule has 0 aliphatic carbocycles. The number of aromatic nitrogens is 2. The molecular formula is C24H24N4O2S. The first-order valence-corrected chi connectivity index (χ1v) is 11.6. The van der Waals surface area contributed by atoms with E-state index in [1.165, 1.54) is 12.8 Å². The Balaban J connectivity index is 1.44. The van der Waals surface area contributed by atoms with Crippen molar-refractivity contribution < 1.29 is 8.95 Å². The number of fused-ring (bicyclic) bond motifs is 2. The van der Waals surface area contributed by atoms with Crippen molar-refractivity contribution in [2.24, 2.45) is 0 Å². The number of hydrogen-bond donors (Lipinski definition) is 1. The summed E-state index contributed by atoms with van der Waals surface area (Å²) >= 11 is 0. The maximum atomic E-state index is 13.1. The van der Waals surface area contributed by atoms with E-state index in [1.807, 2.05) is 54.6 Å². The number of hydrogen-bond acceptors (Lipinski definition) is 5. The van der Waals surface area contributed by atoms with Crippen molar-refractivity contribution in [2.45, 2.75) is 24.3 Å². The van der Waals surface area contributed by atoms with E-state index < -0.39 is 11.0 Å². The lowest BCUT2D eigenvalue weighted by molar-refractivity contribution is 0.420. The molecule has 0 spiro atoms. The van der Waals surface area contributed by atoms with Crippen LogP contribution in [0.25, 0.3) is 21.7 Å². The molecule has 1 aliphatic rings. The molecule has 1 atom stereocenters. The molecule has 3 aromatic carbocycles. The highest BCUT2D eigenvalue weighted by Gasteiger charge is 2.18. The van der Waals surface area contributed by atoms with Crippen LogP contribution < -0.4 is 14.4 Å². The van der Waals surface area contributed by atoms with E-state index in [2.05, 4.69) is 15.7 Å². The average Bonchev–Trinajstić information content (AvgIpc) is 3.36. The van der Waals surface area contributed by atoms with E-state index >= 15 is 0 Å². The Kier molecular flexibility index (Phi) is 5.53. The number of nitrogens with zero attached hydrogens (tertiary/aromatic N) is 3. The van der Waals surface area contributed by atoms with Crippen LogP contribution in [0.5, 0.6) is 5.75 Å². The van der Waals surface area contributed by atoms with E-state index in [-0.39, 0.29) is 0 Å². The van der Waals surface area contributed by atoms with Crippen LogP contribution >= 0.6 is 0 Å². The topological polar surface area (TPSA) is 67.3 Å². The number of anilines is 1. The van der Waals surface area contributed by atoms with Crippen molar-refractivity contribution in [3.8, 4) is 5.75 Å². The van der Waals surface area contributed by atoms with Gasteiger partial charge in [-0.1, -0.05) is 36.4 Å². The van der Waals surface area contributed by atoms with Crippen molar-refractivity contribution >= 4 is 38.5 Å². The molecule has 1 aliphatic heterocycles. The van der Waals surface area contributed by atoms with Crippen molar-refractivity contribution in [1.29, 1.82) is 0 Å². The summed E-state index contributed by atoms with van der Waals surface area (Å²) in [6.45, 7) is 2.34. The van der Waals surface area contributed by atoms with Crippen molar-refractivity contribution in [3.05, 3.63) is 66.5 Å². The molecule has 31 heavy (non-hydrogen) atoms. The van der Waals surface area contributed by atoms with Gasteiger partial charge in [0.25, 0.3) is 0 Å². The Morgan fingerprint density at radius 3 is 2.52 bits per heavy atom. The molecule has 5 rings (SSSR count). The van der Waals surface area contributed by atoms with Gasteiger partial charge in [-0.15, -0.1) is 0 Å². The second-order valence-electron chi connectivity index (χ2n) is 7.58. The second kappa shape index (κ2) is 8.61. The predicted molar refractivity (Wildman–Crippen MR) is 125 cm³/mol. The van der Waals surface area contributed by atoms with Crippen LogP contribution in [0.2, 0.25) is 0 Å². The normalized spacial score (nSPS) is 14.9. The number of benzene rings is 3. The van der Waals surface area contributed by atoms with Gasteiger partial charge in [0.05, 0.1) is 24.1 Å². The van der Waals surface area contributed by atoms with Crippen LogP contribution in [-0.4, -0.2) is 34.4 Å². The molecule has 0 amide bonds. The highest BCUT2D eigenvalue weighted by Crippen LogP contribution is 2.29. The summed E-state index contributed by atoms with van der Waals surface area (Å²) < 4.78 is 21.7. The monoisotopic (exact) mass is 432 g/mol. The molecule has 1 saturated heterocycles. The van der Waals surface area contributed by atoms with Crippen molar-refractivity contribution in [1.82, 2.24) is 14.7 Å².